The van der Waals surface area contributed by atoms with Gasteiger partial charge in [0.05, 0.1) is 21.9 Å². The lowest BCUT2D eigenvalue weighted by molar-refractivity contribution is -0.153. The summed E-state index contributed by atoms with van der Waals surface area (Å²) >= 11 is 11.8. The summed E-state index contributed by atoms with van der Waals surface area (Å²) in [6, 6.07) is 5.08. The maximum absolute atomic E-state index is 12.3. The Balaban J connectivity index is 2.06. The Bertz CT molecular complexity index is 576. The zero-order chi connectivity index (χ0) is 15.6. The van der Waals surface area contributed by atoms with Crippen molar-refractivity contribution in [3.8, 4) is 0 Å². The zero-order valence-corrected chi connectivity index (χ0v) is 13.2. The molecule has 1 aliphatic heterocycles. The first-order valence-electron chi connectivity index (χ1n) is 6.77. The van der Waals surface area contributed by atoms with Gasteiger partial charge in [-0.15, -0.1) is 0 Å². The van der Waals surface area contributed by atoms with Crippen LogP contribution in [-0.2, 0) is 16.0 Å². The highest BCUT2D eigenvalue weighted by molar-refractivity contribution is 6.42. The van der Waals surface area contributed by atoms with Crippen molar-refractivity contribution in [2.45, 2.75) is 26.2 Å². The Hall–Kier alpha value is -1.26. The molecule has 1 atom stereocenters. The average molecular weight is 330 g/mol. The number of carbonyl (C=O) groups excluding carboxylic acids is 1. The molecule has 21 heavy (non-hydrogen) atoms. The van der Waals surface area contributed by atoms with Crippen molar-refractivity contribution in [3.63, 3.8) is 0 Å². The summed E-state index contributed by atoms with van der Waals surface area (Å²) in [6.07, 6.45) is 1.50. The number of benzene rings is 1. The molecule has 1 fully saturated rings. The van der Waals surface area contributed by atoms with Gasteiger partial charge in [0.25, 0.3) is 0 Å². The van der Waals surface area contributed by atoms with E-state index in [1.54, 1.807) is 30.0 Å². The molecule has 1 amide bonds. The van der Waals surface area contributed by atoms with Gasteiger partial charge in [0.2, 0.25) is 5.91 Å². The molecule has 1 aromatic carbocycles. The summed E-state index contributed by atoms with van der Waals surface area (Å²) in [4.78, 5) is 25.3. The summed E-state index contributed by atoms with van der Waals surface area (Å²) in [7, 11) is 0. The fraction of sp³-hybridized carbons (Fsp3) is 0.467. The second-order valence-electron chi connectivity index (χ2n) is 5.71. The minimum atomic E-state index is -0.856. The van der Waals surface area contributed by atoms with E-state index in [-0.39, 0.29) is 18.9 Å². The van der Waals surface area contributed by atoms with Crippen LogP contribution in [-0.4, -0.2) is 35.0 Å². The van der Waals surface area contributed by atoms with E-state index in [9.17, 15) is 14.7 Å². The van der Waals surface area contributed by atoms with Crippen molar-refractivity contribution in [2.24, 2.45) is 5.41 Å². The third-order valence-corrected chi connectivity index (χ3v) is 4.64. The second kappa shape index (κ2) is 6.24. The van der Waals surface area contributed by atoms with E-state index in [1.165, 1.54) is 0 Å². The van der Waals surface area contributed by atoms with Crippen LogP contribution >= 0.6 is 23.2 Å². The average Bonchev–Trinajstić information content (AvgIpc) is 2.43. The van der Waals surface area contributed by atoms with Crippen LogP contribution in [0.25, 0.3) is 0 Å². The Morgan fingerprint density at radius 3 is 2.67 bits per heavy atom. The summed E-state index contributed by atoms with van der Waals surface area (Å²) in [6.45, 7) is 2.54. The summed E-state index contributed by atoms with van der Waals surface area (Å²) in [5.41, 5.74) is -0.0806. The zero-order valence-electron chi connectivity index (χ0n) is 11.7. The summed E-state index contributed by atoms with van der Waals surface area (Å²) < 4.78 is 0. The molecule has 6 heteroatoms. The number of carbonyl (C=O) groups is 2. The predicted octanol–water partition coefficient (Wildman–Crippen LogP) is 3.25. The van der Waals surface area contributed by atoms with Crippen LogP contribution in [0, 0.1) is 5.41 Å². The van der Waals surface area contributed by atoms with Gasteiger partial charge >= 0.3 is 5.97 Å². The minimum absolute atomic E-state index is 0.0828. The Labute approximate surface area is 133 Å². The van der Waals surface area contributed by atoms with Gasteiger partial charge in [-0.3, -0.25) is 9.59 Å². The van der Waals surface area contributed by atoms with E-state index in [1.807, 2.05) is 0 Å². The highest BCUT2D eigenvalue weighted by Crippen LogP contribution is 2.30. The van der Waals surface area contributed by atoms with Gasteiger partial charge in [-0.25, -0.2) is 0 Å². The highest BCUT2D eigenvalue weighted by atomic mass is 35.5. The number of rotatable bonds is 3. The number of hydrogen-bond acceptors (Lipinski definition) is 2. The topological polar surface area (TPSA) is 57.6 Å². The summed E-state index contributed by atoms with van der Waals surface area (Å²) in [5.74, 6) is -0.935. The molecule has 0 aliphatic carbocycles. The van der Waals surface area contributed by atoms with Crippen molar-refractivity contribution < 1.29 is 14.7 Å². The first-order valence-corrected chi connectivity index (χ1v) is 7.52. The first kappa shape index (κ1) is 16.1. The number of nitrogens with zero attached hydrogens (tertiary/aromatic N) is 1. The third-order valence-electron chi connectivity index (χ3n) is 3.90. The number of carboxylic acid groups (broad SMARTS) is 1. The Morgan fingerprint density at radius 1 is 1.33 bits per heavy atom. The first-order chi connectivity index (χ1) is 9.82. The normalized spacial score (nSPS) is 22.1. The molecule has 4 nitrogen and oxygen atoms in total. The molecule has 114 valence electrons. The number of halogens is 2. The van der Waals surface area contributed by atoms with Crippen LogP contribution in [0.3, 0.4) is 0 Å². The number of piperidine rings is 1. The van der Waals surface area contributed by atoms with Crippen LogP contribution in [0.15, 0.2) is 18.2 Å². The smallest absolute Gasteiger partial charge is 0.311 e. The number of carboxylic acids is 1. The lowest BCUT2D eigenvalue weighted by Crippen LogP contribution is -2.48. The molecule has 1 unspecified atom stereocenters. The maximum atomic E-state index is 12.3. The Kier molecular flexibility index (Phi) is 4.79. The number of likely N-dealkylation sites (tertiary alicyclic amines) is 1. The van der Waals surface area contributed by atoms with Crippen molar-refractivity contribution in [1.29, 1.82) is 0 Å². The lowest BCUT2D eigenvalue weighted by Gasteiger charge is -2.37. The second-order valence-corrected chi connectivity index (χ2v) is 6.52. The van der Waals surface area contributed by atoms with Gasteiger partial charge in [0.1, 0.15) is 0 Å². The number of hydrogen-bond donors (Lipinski definition) is 1. The molecule has 0 saturated carbocycles. The molecular weight excluding hydrogens is 313 g/mol. The van der Waals surface area contributed by atoms with Gasteiger partial charge in [-0.2, -0.15) is 0 Å². The lowest BCUT2D eigenvalue weighted by atomic mass is 9.82. The van der Waals surface area contributed by atoms with Gasteiger partial charge in [0.15, 0.2) is 0 Å². The molecule has 1 saturated heterocycles. The van der Waals surface area contributed by atoms with Crippen molar-refractivity contribution >= 4 is 35.1 Å². The van der Waals surface area contributed by atoms with Crippen molar-refractivity contribution in [1.82, 2.24) is 4.90 Å². The van der Waals surface area contributed by atoms with Crippen molar-refractivity contribution in [2.75, 3.05) is 13.1 Å². The maximum Gasteiger partial charge on any atom is 0.311 e. The van der Waals surface area contributed by atoms with Crippen LogP contribution in [0.1, 0.15) is 25.3 Å². The van der Waals surface area contributed by atoms with Crippen LogP contribution < -0.4 is 0 Å². The van der Waals surface area contributed by atoms with Crippen LogP contribution in [0.4, 0.5) is 0 Å². The molecular formula is C15H17Cl2NO3. The van der Waals surface area contributed by atoms with Gasteiger partial charge in [0, 0.05) is 13.1 Å². The van der Waals surface area contributed by atoms with Gasteiger partial charge in [-0.1, -0.05) is 29.3 Å². The molecule has 0 radical (unpaired) electrons. The fourth-order valence-corrected chi connectivity index (χ4v) is 2.88. The molecule has 1 aromatic rings. The molecule has 1 N–H and O–H groups in total. The van der Waals surface area contributed by atoms with E-state index in [0.717, 1.165) is 5.56 Å². The van der Waals surface area contributed by atoms with Crippen LogP contribution in [0.5, 0.6) is 0 Å². The molecule has 1 heterocycles. The SMILES string of the molecule is CC1(C(=O)O)CCCN(C(=O)Cc2ccc(Cl)c(Cl)c2)C1. The van der Waals surface area contributed by atoms with Gasteiger partial charge in [-0.05, 0) is 37.5 Å². The van der Waals surface area contributed by atoms with Crippen molar-refractivity contribution in [3.05, 3.63) is 33.8 Å². The number of aliphatic carboxylic acids is 1. The van der Waals surface area contributed by atoms with Gasteiger partial charge < -0.3 is 10.0 Å². The monoisotopic (exact) mass is 329 g/mol. The molecule has 2 rings (SSSR count). The largest absolute Gasteiger partial charge is 0.481 e. The summed E-state index contributed by atoms with van der Waals surface area (Å²) in [5, 5.41) is 10.1. The fourth-order valence-electron chi connectivity index (χ4n) is 2.56. The molecule has 0 bridgehead atoms. The molecule has 1 aliphatic rings. The van der Waals surface area contributed by atoms with E-state index in [0.29, 0.717) is 29.4 Å². The third kappa shape index (κ3) is 3.69. The van der Waals surface area contributed by atoms with Crippen LogP contribution in [0.2, 0.25) is 10.0 Å². The van der Waals surface area contributed by atoms with E-state index >= 15 is 0 Å². The Morgan fingerprint density at radius 2 is 2.05 bits per heavy atom. The van der Waals surface area contributed by atoms with E-state index in [2.05, 4.69) is 0 Å². The highest BCUT2D eigenvalue weighted by Gasteiger charge is 2.39. The predicted molar refractivity (Wildman–Crippen MR) is 81.7 cm³/mol. The van der Waals surface area contributed by atoms with E-state index < -0.39 is 11.4 Å². The number of amides is 1. The minimum Gasteiger partial charge on any atom is -0.481 e. The van der Waals surface area contributed by atoms with E-state index in [4.69, 9.17) is 23.2 Å². The quantitative estimate of drug-likeness (QED) is 0.925. The molecule has 0 aromatic heterocycles. The molecule has 0 spiro atoms. The standard InChI is InChI=1S/C15H17Cl2NO3/c1-15(14(20)21)5-2-6-18(9-15)13(19)8-10-3-4-11(16)12(17)7-10/h3-4,7H,2,5-6,8-9H2,1H3,(H,20,21).